The van der Waals surface area contributed by atoms with Gasteiger partial charge in [0.2, 0.25) is 11.8 Å². The predicted molar refractivity (Wildman–Crippen MR) is 143 cm³/mol. The fourth-order valence-electron chi connectivity index (χ4n) is 6.28. The third-order valence-electron chi connectivity index (χ3n) is 8.03. The quantitative estimate of drug-likeness (QED) is 0.312. The Morgan fingerprint density at radius 2 is 1.87 bits per heavy atom. The average Bonchev–Trinajstić information content (AvgIpc) is 3.44. The van der Waals surface area contributed by atoms with E-state index < -0.39 is 29.7 Å². The van der Waals surface area contributed by atoms with Crippen LogP contribution in [0, 0.1) is 23.7 Å². The third kappa shape index (κ3) is 4.67. The number of imide groups is 3. The van der Waals surface area contributed by atoms with Crippen molar-refractivity contribution in [2.75, 3.05) is 13.7 Å². The molecular weight excluding hydrogens is 482 g/mol. The molecule has 2 aliphatic heterocycles. The van der Waals surface area contributed by atoms with E-state index in [-0.39, 0.29) is 23.7 Å². The number of methoxy groups -OCH3 is 1. The normalized spacial score (nSPS) is 25.2. The number of hydrogen-bond acceptors (Lipinski definition) is 6. The van der Waals surface area contributed by atoms with Crippen molar-refractivity contribution in [2.24, 2.45) is 23.7 Å². The number of ether oxygens (including phenoxy) is 2. The Morgan fingerprint density at radius 1 is 1.11 bits per heavy atom. The molecule has 0 bridgehead atoms. The van der Waals surface area contributed by atoms with Crippen molar-refractivity contribution >= 4 is 29.6 Å². The van der Waals surface area contributed by atoms with Gasteiger partial charge in [-0.2, -0.15) is 4.90 Å². The largest absolute Gasteiger partial charge is 0.508 e. The Bertz CT molecular complexity index is 1310. The highest BCUT2D eigenvalue weighted by Crippen LogP contribution is 2.51. The lowest BCUT2D eigenvalue weighted by molar-refractivity contribution is -0.137. The zero-order valence-corrected chi connectivity index (χ0v) is 21.9. The summed E-state index contributed by atoms with van der Waals surface area (Å²) in [5.74, 6) is -1.92. The van der Waals surface area contributed by atoms with Crippen molar-refractivity contribution in [3.05, 3.63) is 76.9 Å². The monoisotopic (exact) mass is 515 g/mol. The topological polar surface area (TPSA) is 93.1 Å². The number of allylic oxidation sites excluding steroid dienone is 2. The van der Waals surface area contributed by atoms with Gasteiger partial charge in [0.05, 0.1) is 31.7 Å². The molecule has 3 amide bonds. The lowest BCUT2D eigenvalue weighted by atomic mass is 9.67. The standard InChI is InChI=1S/C31H33NO6/c1-18(2)23-16-24-28(30(35)32(29(24)34)31(36)37-3)25-17-38-26(27(23)25)13-12-21(20-9-5-4-6-10-20)14-19-8-7-11-22(33)15-19/h4-11,14-15,18,24-26,28,33H,12-13,16-17H2,1-3H3/b21-14-/t24-,25+,26-,28-/m1/s1. The van der Waals surface area contributed by atoms with E-state index >= 15 is 0 Å². The van der Waals surface area contributed by atoms with E-state index in [1.54, 1.807) is 12.1 Å². The molecule has 1 N–H and O–H groups in total. The molecule has 0 spiro atoms. The Labute approximate surface area is 222 Å². The van der Waals surface area contributed by atoms with E-state index in [1.807, 2.05) is 30.3 Å². The van der Waals surface area contributed by atoms with Gasteiger partial charge >= 0.3 is 6.09 Å². The van der Waals surface area contributed by atoms with E-state index in [0.717, 1.165) is 34.3 Å². The number of nitrogens with zero attached hydrogens (tertiary/aromatic N) is 1. The van der Waals surface area contributed by atoms with Crippen LogP contribution in [0.4, 0.5) is 4.79 Å². The molecule has 38 heavy (non-hydrogen) atoms. The Balaban J connectivity index is 1.44. The number of aromatic hydroxyl groups is 1. The van der Waals surface area contributed by atoms with Gasteiger partial charge in [-0.3, -0.25) is 9.59 Å². The molecule has 3 aliphatic rings. The summed E-state index contributed by atoms with van der Waals surface area (Å²) >= 11 is 0. The van der Waals surface area contributed by atoms with E-state index in [4.69, 9.17) is 9.47 Å². The molecule has 5 rings (SSSR count). The van der Waals surface area contributed by atoms with Crippen LogP contribution in [-0.2, 0) is 19.1 Å². The first-order valence-electron chi connectivity index (χ1n) is 13.1. The van der Waals surface area contributed by atoms with Crippen LogP contribution in [0.1, 0.15) is 44.2 Å². The highest BCUT2D eigenvalue weighted by Gasteiger charge is 2.59. The number of carbonyl (C=O) groups is 3. The van der Waals surface area contributed by atoms with Crippen LogP contribution in [0.5, 0.6) is 5.75 Å². The van der Waals surface area contributed by atoms with Crippen molar-refractivity contribution in [1.82, 2.24) is 4.90 Å². The SMILES string of the molecule is COC(=O)N1C(=O)[C@@H]2[C@@H](CC(C(C)C)=C3[C@@H](CC/C(=C/c4cccc(O)c4)c4ccccc4)OC[C@@H]32)C1=O. The first kappa shape index (κ1) is 25.9. The second-order valence-electron chi connectivity index (χ2n) is 10.6. The molecule has 4 atom stereocenters. The van der Waals surface area contributed by atoms with Crippen LogP contribution in [-0.4, -0.2) is 47.7 Å². The minimum absolute atomic E-state index is 0.176. The van der Waals surface area contributed by atoms with E-state index in [1.165, 1.54) is 7.11 Å². The molecule has 1 aliphatic carbocycles. The molecule has 0 aromatic heterocycles. The minimum atomic E-state index is -0.915. The van der Waals surface area contributed by atoms with E-state index in [0.29, 0.717) is 24.3 Å². The fraction of sp³-hybridized carbons (Fsp3) is 0.387. The highest BCUT2D eigenvalue weighted by atomic mass is 16.5. The van der Waals surface area contributed by atoms with Crippen molar-refractivity contribution in [3.63, 3.8) is 0 Å². The summed E-state index contributed by atoms with van der Waals surface area (Å²) in [6.07, 6.45) is 2.88. The first-order valence-corrected chi connectivity index (χ1v) is 13.1. The van der Waals surface area contributed by atoms with Gasteiger partial charge in [-0.25, -0.2) is 4.79 Å². The van der Waals surface area contributed by atoms with Gasteiger partial charge in [0.25, 0.3) is 0 Å². The van der Waals surface area contributed by atoms with Crippen molar-refractivity contribution in [3.8, 4) is 5.75 Å². The molecule has 2 aromatic rings. The number of likely N-dealkylation sites (tertiary alicyclic amines) is 1. The lowest BCUT2D eigenvalue weighted by Crippen LogP contribution is -2.38. The number of hydrogen-bond donors (Lipinski definition) is 1. The second kappa shape index (κ2) is 10.6. The first-order chi connectivity index (χ1) is 18.3. The second-order valence-corrected chi connectivity index (χ2v) is 10.6. The molecule has 2 saturated heterocycles. The number of fused-ring (bicyclic) bond motifs is 3. The van der Waals surface area contributed by atoms with Gasteiger partial charge < -0.3 is 14.6 Å². The zero-order valence-electron chi connectivity index (χ0n) is 21.9. The molecule has 7 heteroatoms. The smallest absolute Gasteiger partial charge is 0.423 e. The maximum absolute atomic E-state index is 13.3. The van der Waals surface area contributed by atoms with Gasteiger partial charge in [-0.05, 0) is 59.6 Å². The van der Waals surface area contributed by atoms with Crippen LogP contribution < -0.4 is 0 Å². The number of phenols is 1. The van der Waals surface area contributed by atoms with Gasteiger partial charge in [0.15, 0.2) is 0 Å². The molecule has 2 fully saturated rings. The average molecular weight is 516 g/mol. The number of rotatable bonds is 6. The summed E-state index contributed by atoms with van der Waals surface area (Å²) in [6, 6.07) is 17.3. The van der Waals surface area contributed by atoms with E-state index in [2.05, 4.69) is 32.1 Å². The number of carbonyl (C=O) groups excluding carboxylic acids is 3. The predicted octanol–water partition coefficient (Wildman–Crippen LogP) is 5.45. The Hall–Kier alpha value is -3.71. The highest BCUT2D eigenvalue weighted by molar-refractivity contribution is 6.16. The molecule has 2 heterocycles. The fourth-order valence-corrected chi connectivity index (χ4v) is 6.28. The third-order valence-corrected chi connectivity index (χ3v) is 8.03. The van der Waals surface area contributed by atoms with Crippen molar-refractivity contribution in [1.29, 1.82) is 0 Å². The zero-order chi connectivity index (χ0) is 27.0. The molecule has 0 radical (unpaired) electrons. The number of phenolic OH excluding ortho intramolecular Hbond substituents is 1. The van der Waals surface area contributed by atoms with Crippen molar-refractivity contribution in [2.45, 2.75) is 39.2 Å². The van der Waals surface area contributed by atoms with Crippen LogP contribution in [0.15, 0.2) is 65.7 Å². The van der Waals surface area contributed by atoms with Gasteiger partial charge in [0.1, 0.15) is 5.75 Å². The maximum atomic E-state index is 13.3. The minimum Gasteiger partial charge on any atom is -0.508 e. The van der Waals surface area contributed by atoms with E-state index in [9.17, 15) is 19.5 Å². The summed E-state index contributed by atoms with van der Waals surface area (Å²) < 4.78 is 11.1. The van der Waals surface area contributed by atoms with Crippen LogP contribution in [0.3, 0.4) is 0 Å². The summed E-state index contributed by atoms with van der Waals surface area (Å²) in [4.78, 5) is 39.2. The Kier molecular flexibility index (Phi) is 7.21. The summed E-state index contributed by atoms with van der Waals surface area (Å²) in [6.45, 7) is 4.56. The molecule has 2 aromatic carbocycles. The van der Waals surface area contributed by atoms with Crippen molar-refractivity contribution < 1.29 is 29.0 Å². The van der Waals surface area contributed by atoms with Crippen LogP contribution in [0.25, 0.3) is 11.6 Å². The summed E-state index contributed by atoms with van der Waals surface area (Å²) in [7, 11) is 1.18. The maximum Gasteiger partial charge on any atom is 0.423 e. The summed E-state index contributed by atoms with van der Waals surface area (Å²) in [5.41, 5.74) is 5.41. The molecule has 7 nitrogen and oxygen atoms in total. The Morgan fingerprint density at radius 3 is 2.55 bits per heavy atom. The molecule has 0 saturated carbocycles. The summed E-state index contributed by atoms with van der Waals surface area (Å²) in [5, 5.41) is 9.95. The van der Waals surface area contributed by atoms with Gasteiger partial charge in [-0.15, -0.1) is 0 Å². The molecule has 198 valence electrons. The van der Waals surface area contributed by atoms with Gasteiger partial charge in [-0.1, -0.05) is 68.0 Å². The molecule has 0 unspecified atom stereocenters. The number of amides is 3. The lowest BCUT2D eigenvalue weighted by Gasteiger charge is -2.33. The van der Waals surface area contributed by atoms with Crippen LogP contribution >= 0.6 is 0 Å². The van der Waals surface area contributed by atoms with Crippen LogP contribution in [0.2, 0.25) is 0 Å². The molecular formula is C31H33NO6. The van der Waals surface area contributed by atoms with Gasteiger partial charge in [0, 0.05) is 5.92 Å². The number of benzene rings is 2.